The Bertz CT molecular complexity index is 1110. The van der Waals surface area contributed by atoms with Gasteiger partial charge in [-0.05, 0) is 50.5 Å². The number of anilines is 2. The van der Waals surface area contributed by atoms with E-state index in [2.05, 4.69) is 25.2 Å². The number of methoxy groups -OCH3 is 1. The van der Waals surface area contributed by atoms with E-state index in [9.17, 15) is 9.59 Å². The second-order valence-corrected chi connectivity index (χ2v) is 7.31. The fourth-order valence-electron chi connectivity index (χ4n) is 3.49. The van der Waals surface area contributed by atoms with Gasteiger partial charge in [0.2, 0.25) is 11.9 Å². The SMILES string of the molecule is COc1ccc(NC(=O)C(C)n2cnc3nc(N4CCCCC4)ncc3c2=O)cc1. The third-order valence-corrected chi connectivity index (χ3v) is 5.32. The highest BCUT2D eigenvalue weighted by Crippen LogP contribution is 2.18. The van der Waals surface area contributed by atoms with Crippen molar-refractivity contribution < 1.29 is 9.53 Å². The quantitative estimate of drug-likeness (QED) is 0.691. The summed E-state index contributed by atoms with van der Waals surface area (Å²) >= 11 is 0. The molecular weight excluding hydrogens is 384 g/mol. The molecular formula is C21H24N6O3. The minimum Gasteiger partial charge on any atom is -0.497 e. The molecule has 0 radical (unpaired) electrons. The Labute approximate surface area is 173 Å². The minimum atomic E-state index is -0.752. The molecule has 1 amide bonds. The van der Waals surface area contributed by atoms with Crippen LogP contribution in [-0.4, -0.2) is 45.6 Å². The first-order valence-electron chi connectivity index (χ1n) is 10.0. The molecule has 2 aromatic heterocycles. The van der Waals surface area contributed by atoms with E-state index < -0.39 is 6.04 Å². The number of aromatic nitrogens is 4. The number of nitrogens with one attached hydrogen (secondary N) is 1. The van der Waals surface area contributed by atoms with Gasteiger partial charge in [-0.3, -0.25) is 14.2 Å². The summed E-state index contributed by atoms with van der Waals surface area (Å²) in [6.45, 7) is 3.47. The van der Waals surface area contributed by atoms with E-state index in [-0.39, 0.29) is 11.5 Å². The van der Waals surface area contributed by atoms with Gasteiger partial charge in [0, 0.05) is 25.0 Å². The van der Waals surface area contributed by atoms with Gasteiger partial charge >= 0.3 is 0 Å². The van der Waals surface area contributed by atoms with Crippen molar-refractivity contribution in [2.75, 3.05) is 30.4 Å². The number of rotatable bonds is 5. The van der Waals surface area contributed by atoms with Crippen molar-refractivity contribution in [2.24, 2.45) is 0 Å². The molecule has 1 aliphatic heterocycles. The van der Waals surface area contributed by atoms with E-state index in [0.29, 0.717) is 28.4 Å². The standard InChI is InChI=1S/C21H24N6O3/c1-14(19(28)24-15-6-8-16(30-2)9-7-15)27-13-23-18-17(20(27)29)12-22-21(25-18)26-10-4-3-5-11-26/h6-9,12-14H,3-5,10-11H2,1-2H3,(H,24,28). The van der Waals surface area contributed by atoms with Crippen molar-refractivity contribution in [3.8, 4) is 5.75 Å². The average molecular weight is 408 g/mol. The van der Waals surface area contributed by atoms with E-state index in [1.807, 2.05) is 0 Å². The van der Waals surface area contributed by atoms with Crippen LogP contribution in [0.3, 0.4) is 0 Å². The van der Waals surface area contributed by atoms with Crippen LogP contribution in [0, 0.1) is 0 Å². The highest BCUT2D eigenvalue weighted by Gasteiger charge is 2.20. The summed E-state index contributed by atoms with van der Waals surface area (Å²) in [4.78, 5) is 40.8. The van der Waals surface area contributed by atoms with E-state index in [0.717, 1.165) is 25.9 Å². The zero-order chi connectivity index (χ0) is 21.1. The second kappa shape index (κ2) is 8.48. The number of carbonyl (C=O) groups is 1. The highest BCUT2D eigenvalue weighted by atomic mass is 16.5. The number of nitrogens with zero attached hydrogens (tertiary/aromatic N) is 5. The number of carbonyl (C=O) groups excluding carboxylic acids is 1. The number of piperidine rings is 1. The molecule has 3 aromatic rings. The predicted molar refractivity (Wildman–Crippen MR) is 114 cm³/mol. The second-order valence-electron chi connectivity index (χ2n) is 7.31. The van der Waals surface area contributed by atoms with Crippen LogP contribution >= 0.6 is 0 Å². The first-order chi connectivity index (χ1) is 14.6. The van der Waals surface area contributed by atoms with Crippen LogP contribution in [-0.2, 0) is 4.79 Å². The van der Waals surface area contributed by atoms with Crippen LogP contribution in [0.2, 0.25) is 0 Å². The molecule has 30 heavy (non-hydrogen) atoms. The molecule has 1 aliphatic rings. The molecule has 1 atom stereocenters. The Hall–Kier alpha value is -3.49. The van der Waals surface area contributed by atoms with E-state index >= 15 is 0 Å². The molecule has 1 fully saturated rings. The molecule has 3 heterocycles. The Morgan fingerprint density at radius 3 is 2.57 bits per heavy atom. The maximum absolute atomic E-state index is 12.9. The zero-order valence-corrected chi connectivity index (χ0v) is 17.0. The smallest absolute Gasteiger partial charge is 0.265 e. The average Bonchev–Trinajstić information content (AvgIpc) is 2.79. The van der Waals surface area contributed by atoms with E-state index in [1.54, 1.807) is 38.3 Å². The van der Waals surface area contributed by atoms with Gasteiger partial charge in [0.05, 0.1) is 7.11 Å². The van der Waals surface area contributed by atoms with Crippen molar-refractivity contribution >= 4 is 28.6 Å². The lowest BCUT2D eigenvalue weighted by atomic mass is 10.1. The Balaban J connectivity index is 1.56. The molecule has 156 valence electrons. The summed E-state index contributed by atoms with van der Waals surface area (Å²) in [5, 5.41) is 3.09. The first-order valence-corrected chi connectivity index (χ1v) is 10.0. The molecule has 1 N–H and O–H groups in total. The zero-order valence-electron chi connectivity index (χ0n) is 17.0. The summed E-state index contributed by atoms with van der Waals surface area (Å²) < 4.78 is 6.41. The lowest BCUT2D eigenvalue weighted by Crippen LogP contribution is -2.33. The highest BCUT2D eigenvalue weighted by molar-refractivity contribution is 5.93. The summed E-state index contributed by atoms with van der Waals surface area (Å²) in [5.41, 5.74) is 0.612. The third-order valence-electron chi connectivity index (χ3n) is 5.32. The van der Waals surface area contributed by atoms with Gasteiger partial charge in [-0.25, -0.2) is 9.97 Å². The number of ether oxygens (including phenoxy) is 1. The maximum Gasteiger partial charge on any atom is 0.265 e. The Morgan fingerprint density at radius 1 is 1.13 bits per heavy atom. The normalized spacial score (nSPS) is 15.1. The number of amides is 1. The Kier molecular flexibility index (Phi) is 5.60. The topological polar surface area (TPSA) is 102 Å². The van der Waals surface area contributed by atoms with Crippen LogP contribution in [0.15, 0.2) is 41.6 Å². The molecule has 9 heteroatoms. The van der Waals surface area contributed by atoms with Gasteiger partial charge in [-0.2, -0.15) is 4.98 Å². The van der Waals surface area contributed by atoms with Gasteiger partial charge in [-0.15, -0.1) is 0 Å². The Morgan fingerprint density at radius 2 is 1.87 bits per heavy atom. The third kappa shape index (κ3) is 3.96. The molecule has 0 saturated carbocycles. The molecule has 1 saturated heterocycles. The molecule has 0 spiro atoms. The fraction of sp³-hybridized carbons (Fsp3) is 0.381. The first kappa shape index (κ1) is 19.8. The maximum atomic E-state index is 12.9. The fourth-order valence-corrected chi connectivity index (χ4v) is 3.49. The van der Waals surface area contributed by atoms with Crippen LogP contribution in [0.4, 0.5) is 11.6 Å². The van der Waals surface area contributed by atoms with Crippen molar-refractivity contribution in [1.82, 2.24) is 19.5 Å². The van der Waals surface area contributed by atoms with Crippen LogP contribution in [0.25, 0.3) is 11.0 Å². The number of hydrogen-bond acceptors (Lipinski definition) is 7. The number of hydrogen-bond donors (Lipinski definition) is 1. The molecule has 0 aliphatic carbocycles. The molecule has 0 bridgehead atoms. The summed E-state index contributed by atoms with van der Waals surface area (Å²) in [7, 11) is 1.58. The van der Waals surface area contributed by atoms with Gasteiger partial charge in [0.15, 0.2) is 5.65 Å². The minimum absolute atomic E-state index is 0.294. The van der Waals surface area contributed by atoms with Gasteiger partial charge in [0.25, 0.3) is 5.56 Å². The number of benzene rings is 1. The van der Waals surface area contributed by atoms with E-state index in [1.165, 1.54) is 23.5 Å². The van der Waals surface area contributed by atoms with Crippen molar-refractivity contribution in [2.45, 2.75) is 32.2 Å². The largest absolute Gasteiger partial charge is 0.497 e. The summed E-state index contributed by atoms with van der Waals surface area (Å²) in [6, 6.07) is 6.22. The summed E-state index contributed by atoms with van der Waals surface area (Å²) in [5.74, 6) is 0.964. The van der Waals surface area contributed by atoms with Crippen LogP contribution in [0.5, 0.6) is 5.75 Å². The molecule has 4 rings (SSSR count). The van der Waals surface area contributed by atoms with E-state index in [4.69, 9.17) is 4.74 Å². The lowest BCUT2D eigenvalue weighted by molar-refractivity contribution is -0.118. The van der Waals surface area contributed by atoms with Crippen molar-refractivity contribution in [3.63, 3.8) is 0 Å². The monoisotopic (exact) mass is 408 g/mol. The molecule has 1 aromatic carbocycles. The summed E-state index contributed by atoms with van der Waals surface area (Å²) in [6.07, 6.45) is 6.31. The van der Waals surface area contributed by atoms with Gasteiger partial charge in [-0.1, -0.05) is 0 Å². The molecule has 9 nitrogen and oxygen atoms in total. The van der Waals surface area contributed by atoms with Crippen LogP contribution in [0.1, 0.15) is 32.2 Å². The van der Waals surface area contributed by atoms with Crippen LogP contribution < -0.4 is 20.5 Å². The van der Waals surface area contributed by atoms with Crippen molar-refractivity contribution in [1.29, 1.82) is 0 Å². The number of fused-ring (bicyclic) bond motifs is 1. The molecule has 1 unspecified atom stereocenters. The lowest BCUT2D eigenvalue weighted by Gasteiger charge is -2.26. The van der Waals surface area contributed by atoms with Crippen molar-refractivity contribution in [3.05, 3.63) is 47.1 Å². The van der Waals surface area contributed by atoms with Gasteiger partial charge < -0.3 is 15.0 Å². The predicted octanol–water partition coefficient (Wildman–Crippen LogP) is 2.39. The van der Waals surface area contributed by atoms with Gasteiger partial charge in [0.1, 0.15) is 23.5 Å².